The molecule has 2 amide bonds. The lowest BCUT2D eigenvalue weighted by Crippen LogP contribution is -2.45. The number of rotatable bonds is 3. The fraction of sp³-hybridized carbons (Fsp3) is 0.846. The van der Waals surface area contributed by atoms with E-state index >= 15 is 0 Å². The first-order chi connectivity index (χ1) is 8.51. The highest BCUT2D eigenvalue weighted by molar-refractivity contribution is 5.80. The number of carbonyl (C=O) groups is 2. The van der Waals surface area contributed by atoms with E-state index < -0.39 is 0 Å². The van der Waals surface area contributed by atoms with Gasteiger partial charge in [-0.15, -0.1) is 0 Å². The highest BCUT2D eigenvalue weighted by atomic mass is 16.5. The Bertz CT molecular complexity index is 333. The molecule has 2 heterocycles. The van der Waals surface area contributed by atoms with Crippen LogP contribution in [0.2, 0.25) is 0 Å². The molecule has 5 nitrogen and oxygen atoms in total. The zero-order valence-electron chi connectivity index (χ0n) is 11.2. The SMILES string of the molecule is CC(C)OCC(=O)N1CCC2(CC1)CNC(=O)C2. The van der Waals surface area contributed by atoms with E-state index in [0.29, 0.717) is 6.42 Å². The lowest BCUT2D eigenvalue weighted by atomic mass is 9.77. The maximum Gasteiger partial charge on any atom is 0.248 e. The predicted molar refractivity (Wildman–Crippen MR) is 67.0 cm³/mol. The molecule has 2 aliphatic rings. The van der Waals surface area contributed by atoms with E-state index in [-0.39, 0.29) is 29.9 Å². The quantitative estimate of drug-likeness (QED) is 0.799. The van der Waals surface area contributed by atoms with E-state index in [1.165, 1.54) is 0 Å². The first-order valence-corrected chi connectivity index (χ1v) is 6.67. The third kappa shape index (κ3) is 3.02. The maximum absolute atomic E-state index is 11.9. The van der Waals surface area contributed by atoms with Crippen molar-refractivity contribution in [1.29, 1.82) is 0 Å². The molecule has 102 valence electrons. The van der Waals surface area contributed by atoms with Gasteiger partial charge in [0, 0.05) is 26.1 Å². The lowest BCUT2D eigenvalue weighted by molar-refractivity contribution is -0.139. The number of nitrogens with one attached hydrogen (secondary N) is 1. The minimum atomic E-state index is 0.0656. The zero-order valence-corrected chi connectivity index (χ0v) is 11.2. The fourth-order valence-corrected chi connectivity index (χ4v) is 2.66. The molecule has 0 aromatic rings. The average Bonchev–Trinajstić information content (AvgIpc) is 2.68. The Morgan fingerprint density at radius 1 is 1.44 bits per heavy atom. The van der Waals surface area contributed by atoms with E-state index in [9.17, 15) is 9.59 Å². The van der Waals surface area contributed by atoms with Crippen molar-refractivity contribution in [2.45, 2.75) is 39.2 Å². The molecule has 0 radical (unpaired) electrons. The van der Waals surface area contributed by atoms with Gasteiger partial charge < -0.3 is 15.0 Å². The van der Waals surface area contributed by atoms with E-state index in [2.05, 4.69) is 5.32 Å². The summed E-state index contributed by atoms with van der Waals surface area (Å²) in [5, 5.41) is 2.90. The third-order valence-corrected chi connectivity index (χ3v) is 3.91. The van der Waals surface area contributed by atoms with Crippen molar-refractivity contribution in [1.82, 2.24) is 10.2 Å². The van der Waals surface area contributed by atoms with E-state index in [1.54, 1.807) is 0 Å². The van der Waals surface area contributed by atoms with Crippen LogP contribution in [0.1, 0.15) is 33.1 Å². The molecule has 2 fully saturated rings. The monoisotopic (exact) mass is 254 g/mol. The Morgan fingerprint density at radius 3 is 2.61 bits per heavy atom. The van der Waals surface area contributed by atoms with Gasteiger partial charge >= 0.3 is 0 Å². The van der Waals surface area contributed by atoms with Crippen LogP contribution in [0.3, 0.4) is 0 Å². The van der Waals surface area contributed by atoms with Crippen molar-refractivity contribution >= 4 is 11.8 Å². The molecule has 1 N–H and O–H groups in total. The topological polar surface area (TPSA) is 58.6 Å². The maximum atomic E-state index is 11.9. The van der Waals surface area contributed by atoms with Crippen LogP contribution in [0.15, 0.2) is 0 Å². The highest BCUT2D eigenvalue weighted by Gasteiger charge is 2.41. The smallest absolute Gasteiger partial charge is 0.248 e. The average molecular weight is 254 g/mol. The van der Waals surface area contributed by atoms with Crippen molar-refractivity contribution in [3.63, 3.8) is 0 Å². The van der Waals surface area contributed by atoms with Crippen LogP contribution in [0, 0.1) is 5.41 Å². The normalized spacial score (nSPS) is 22.6. The summed E-state index contributed by atoms with van der Waals surface area (Å²) < 4.78 is 5.33. The van der Waals surface area contributed by atoms with Crippen LogP contribution >= 0.6 is 0 Å². The van der Waals surface area contributed by atoms with Crippen molar-refractivity contribution in [3.8, 4) is 0 Å². The Kier molecular flexibility index (Phi) is 3.90. The van der Waals surface area contributed by atoms with Gasteiger partial charge in [-0.1, -0.05) is 0 Å². The molecule has 0 bridgehead atoms. The Labute approximate surface area is 108 Å². The lowest BCUT2D eigenvalue weighted by Gasteiger charge is -2.38. The second kappa shape index (κ2) is 5.26. The molecule has 2 rings (SSSR count). The van der Waals surface area contributed by atoms with Gasteiger partial charge in [0.15, 0.2) is 0 Å². The first kappa shape index (κ1) is 13.3. The summed E-state index contributed by atoms with van der Waals surface area (Å²) in [6, 6.07) is 0. The van der Waals surface area contributed by atoms with Gasteiger partial charge in [-0.3, -0.25) is 9.59 Å². The minimum absolute atomic E-state index is 0.0656. The van der Waals surface area contributed by atoms with Gasteiger partial charge in [0.2, 0.25) is 11.8 Å². The van der Waals surface area contributed by atoms with Crippen molar-refractivity contribution in [3.05, 3.63) is 0 Å². The fourth-order valence-electron chi connectivity index (χ4n) is 2.66. The van der Waals surface area contributed by atoms with Crippen LogP contribution in [0.5, 0.6) is 0 Å². The molecule has 0 aromatic heterocycles. The van der Waals surface area contributed by atoms with E-state index in [0.717, 1.165) is 32.5 Å². The number of ether oxygens (including phenoxy) is 1. The summed E-state index contributed by atoms with van der Waals surface area (Å²) in [6.07, 6.45) is 2.54. The van der Waals surface area contributed by atoms with Crippen molar-refractivity contribution < 1.29 is 14.3 Å². The molecule has 1 spiro atoms. The number of hydrogen-bond acceptors (Lipinski definition) is 3. The van der Waals surface area contributed by atoms with Gasteiger partial charge in [0.05, 0.1) is 6.10 Å². The van der Waals surface area contributed by atoms with Crippen LogP contribution in [-0.4, -0.2) is 49.1 Å². The molecule has 0 atom stereocenters. The second-order valence-corrected chi connectivity index (χ2v) is 5.69. The van der Waals surface area contributed by atoms with Gasteiger partial charge in [-0.2, -0.15) is 0 Å². The summed E-state index contributed by atoms with van der Waals surface area (Å²) in [7, 11) is 0. The number of hydrogen-bond donors (Lipinski definition) is 1. The predicted octanol–water partition coefficient (Wildman–Crippen LogP) is 0.540. The van der Waals surface area contributed by atoms with Crippen LogP contribution in [-0.2, 0) is 14.3 Å². The van der Waals surface area contributed by atoms with E-state index in [4.69, 9.17) is 4.74 Å². The minimum Gasteiger partial charge on any atom is -0.369 e. The standard InChI is InChI=1S/C13H22N2O3/c1-10(2)18-8-12(17)15-5-3-13(4-6-15)7-11(16)14-9-13/h10H,3-9H2,1-2H3,(H,14,16). The van der Waals surface area contributed by atoms with Gasteiger partial charge in [-0.25, -0.2) is 0 Å². The number of likely N-dealkylation sites (tertiary alicyclic amines) is 1. The Balaban J connectivity index is 1.79. The highest BCUT2D eigenvalue weighted by Crippen LogP contribution is 2.37. The van der Waals surface area contributed by atoms with Crippen molar-refractivity contribution in [2.75, 3.05) is 26.2 Å². The van der Waals surface area contributed by atoms with Gasteiger partial charge in [0.25, 0.3) is 0 Å². The molecule has 0 unspecified atom stereocenters. The van der Waals surface area contributed by atoms with Crippen LogP contribution in [0.25, 0.3) is 0 Å². The molecule has 2 saturated heterocycles. The van der Waals surface area contributed by atoms with Crippen LogP contribution in [0.4, 0.5) is 0 Å². The molecule has 5 heteroatoms. The third-order valence-electron chi connectivity index (χ3n) is 3.91. The summed E-state index contributed by atoms with van der Waals surface area (Å²) >= 11 is 0. The molecular formula is C13H22N2O3. The molecular weight excluding hydrogens is 232 g/mol. The summed E-state index contributed by atoms with van der Waals surface area (Å²) in [6.45, 7) is 6.28. The molecule has 0 aromatic carbocycles. The van der Waals surface area contributed by atoms with Gasteiger partial charge in [-0.05, 0) is 32.1 Å². The number of nitrogens with zero attached hydrogens (tertiary/aromatic N) is 1. The Morgan fingerprint density at radius 2 is 2.11 bits per heavy atom. The Hall–Kier alpha value is -1.10. The van der Waals surface area contributed by atoms with Crippen LogP contribution < -0.4 is 5.32 Å². The second-order valence-electron chi connectivity index (χ2n) is 5.69. The summed E-state index contributed by atoms with van der Waals surface area (Å²) in [4.78, 5) is 25.0. The largest absolute Gasteiger partial charge is 0.369 e. The number of carbonyl (C=O) groups excluding carboxylic acids is 2. The number of piperidine rings is 1. The summed E-state index contributed by atoms with van der Waals surface area (Å²) in [5.41, 5.74) is 0.104. The molecule has 0 saturated carbocycles. The zero-order chi connectivity index (χ0) is 13.2. The molecule has 0 aliphatic carbocycles. The first-order valence-electron chi connectivity index (χ1n) is 6.67. The number of amides is 2. The summed E-state index contributed by atoms with van der Waals surface area (Å²) in [5.74, 6) is 0.216. The molecule has 2 aliphatic heterocycles. The molecule has 18 heavy (non-hydrogen) atoms. The van der Waals surface area contributed by atoms with Gasteiger partial charge in [0.1, 0.15) is 6.61 Å². The van der Waals surface area contributed by atoms with E-state index in [1.807, 2.05) is 18.7 Å². The van der Waals surface area contributed by atoms with Crippen molar-refractivity contribution in [2.24, 2.45) is 5.41 Å².